The Hall–Kier alpha value is -1.82. The Morgan fingerprint density at radius 3 is 2.74 bits per heavy atom. The summed E-state index contributed by atoms with van der Waals surface area (Å²) in [6.45, 7) is 3.16. The maximum Gasteiger partial charge on any atom is 0.307 e. The fourth-order valence-corrected chi connectivity index (χ4v) is 1.53. The molecule has 106 valence electrons. The molecule has 1 aromatic rings. The van der Waals surface area contributed by atoms with Gasteiger partial charge in [0.25, 0.3) is 5.91 Å². The molecule has 0 saturated heterocycles. The first-order chi connectivity index (χ1) is 9.19. The summed E-state index contributed by atoms with van der Waals surface area (Å²) in [4.78, 5) is 24.9. The largest absolute Gasteiger partial charge is 0.466 e. The molecule has 0 saturated carbocycles. The molecule has 0 aromatic carbocycles. The van der Waals surface area contributed by atoms with Gasteiger partial charge in [-0.05, 0) is 19.1 Å². The molecule has 1 aromatic heterocycles. The minimum atomic E-state index is -0.322. The predicted molar refractivity (Wildman–Crippen MR) is 67.7 cm³/mol. The van der Waals surface area contributed by atoms with E-state index in [-0.39, 0.29) is 30.6 Å². The monoisotopic (exact) mass is 269 g/mol. The summed E-state index contributed by atoms with van der Waals surface area (Å²) >= 11 is 0. The Morgan fingerprint density at radius 1 is 1.37 bits per heavy atom. The highest BCUT2D eigenvalue weighted by molar-refractivity contribution is 5.91. The zero-order valence-corrected chi connectivity index (χ0v) is 11.3. The van der Waals surface area contributed by atoms with Crippen LogP contribution in [-0.4, -0.2) is 50.2 Å². The van der Waals surface area contributed by atoms with Gasteiger partial charge in [0, 0.05) is 20.2 Å². The Labute approximate surface area is 112 Å². The van der Waals surface area contributed by atoms with Crippen molar-refractivity contribution in [3.63, 3.8) is 0 Å². The third-order valence-corrected chi connectivity index (χ3v) is 2.48. The molecule has 6 nitrogen and oxygen atoms in total. The van der Waals surface area contributed by atoms with Crippen molar-refractivity contribution in [1.29, 1.82) is 0 Å². The van der Waals surface area contributed by atoms with Crippen molar-refractivity contribution in [2.75, 3.05) is 33.4 Å². The molecule has 0 spiro atoms. The van der Waals surface area contributed by atoms with E-state index in [2.05, 4.69) is 0 Å². The highest BCUT2D eigenvalue weighted by Gasteiger charge is 2.19. The van der Waals surface area contributed by atoms with Gasteiger partial charge in [0.15, 0.2) is 5.76 Å². The SMILES string of the molecule is CCOC(=O)CCN(CCOC)C(=O)c1ccco1. The Bertz CT molecular complexity index is 388. The van der Waals surface area contributed by atoms with Crippen LogP contribution in [-0.2, 0) is 14.3 Å². The molecule has 0 radical (unpaired) electrons. The summed E-state index contributed by atoms with van der Waals surface area (Å²) < 4.78 is 14.9. The molecule has 0 N–H and O–H groups in total. The van der Waals surface area contributed by atoms with Crippen molar-refractivity contribution in [2.24, 2.45) is 0 Å². The van der Waals surface area contributed by atoms with Crippen LogP contribution in [0.3, 0.4) is 0 Å². The molecule has 0 unspecified atom stereocenters. The van der Waals surface area contributed by atoms with E-state index in [9.17, 15) is 9.59 Å². The molecule has 6 heteroatoms. The molecule has 1 amide bonds. The van der Waals surface area contributed by atoms with E-state index in [4.69, 9.17) is 13.9 Å². The zero-order valence-electron chi connectivity index (χ0n) is 11.3. The van der Waals surface area contributed by atoms with Crippen molar-refractivity contribution in [1.82, 2.24) is 4.90 Å². The lowest BCUT2D eigenvalue weighted by atomic mass is 10.3. The number of hydrogen-bond donors (Lipinski definition) is 0. The first kappa shape index (κ1) is 15.2. The summed E-state index contributed by atoms with van der Waals surface area (Å²) in [6.07, 6.45) is 1.59. The number of rotatable bonds is 8. The van der Waals surface area contributed by atoms with Gasteiger partial charge in [-0.3, -0.25) is 9.59 Å². The van der Waals surface area contributed by atoms with Gasteiger partial charge >= 0.3 is 5.97 Å². The maximum atomic E-state index is 12.1. The third-order valence-electron chi connectivity index (χ3n) is 2.48. The average molecular weight is 269 g/mol. The van der Waals surface area contributed by atoms with E-state index in [0.29, 0.717) is 19.8 Å². The second kappa shape index (κ2) is 8.31. The topological polar surface area (TPSA) is 69.0 Å². The summed E-state index contributed by atoms with van der Waals surface area (Å²) in [5.74, 6) is -0.330. The van der Waals surface area contributed by atoms with Crippen LogP contribution in [0, 0.1) is 0 Å². The first-order valence-corrected chi connectivity index (χ1v) is 6.16. The van der Waals surface area contributed by atoms with Gasteiger partial charge in [0.1, 0.15) is 0 Å². The molecular formula is C13H19NO5. The molecule has 0 aliphatic heterocycles. The van der Waals surface area contributed by atoms with Gasteiger partial charge in [-0.1, -0.05) is 0 Å². The highest BCUT2D eigenvalue weighted by atomic mass is 16.5. The minimum Gasteiger partial charge on any atom is -0.466 e. The Morgan fingerprint density at radius 2 is 2.16 bits per heavy atom. The number of ether oxygens (including phenoxy) is 2. The number of methoxy groups -OCH3 is 1. The Balaban J connectivity index is 2.56. The predicted octanol–water partition coefficient (Wildman–Crippen LogP) is 1.32. The van der Waals surface area contributed by atoms with E-state index < -0.39 is 0 Å². The second-order valence-corrected chi connectivity index (χ2v) is 3.82. The van der Waals surface area contributed by atoms with Crippen molar-refractivity contribution < 1.29 is 23.5 Å². The fraction of sp³-hybridized carbons (Fsp3) is 0.538. The standard InChI is InChI=1S/C13H19NO5/c1-3-18-12(15)6-7-14(8-10-17-2)13(16)11-5-4-9-19-11/h4-5,9H,3,6-8,10H2,1-2H3. The second-order valence-electron chi connectivity index (χ2n) is 3.82. The summed E-state index contributed by atoms with van der Waals surface area (Å²) in [5.41, 5.74) is 0. The van der Waals surface area contributed by atoms with Crippen LogP contribution >= 0.6 is 0 Å². The van der Waals surface area contributed by atoms with Crippen molar-refractivity contribution in [3.8, 4) is 0 Å². The van der Waals surface area contributed by atoms with E-state index >= 15 is 0 Å². The number of nitrogens with zero attached hydrogens (tertiary/aromatic N) is 1. The quantitative estimate of drug-likeness (QED) is 0.666. The number of carbonyl (C=O) groups excluding carboxylic acids is 2. The molecule has 0 aliphatic carbocycles. The van der Waals surface area contributed by atoms with Crippen LogP contribution in [0.15, 0.2) is 22.8 Å². The van der Waals surface area contributed by atoms with Crippen LogP contribution in [0.1, 0.15) is 23.9 Å². The summed E-state index contributed by atoms with van der Waals surface area (Å²) in [5, 5.41) is 0. The van der Waals surface area contributed by atoms with Crippen LogP contribution < -0.4 is 0 Å². The maximum absolute atomic E-state index is 12.1. The summed E-state index contributed by atoms with van der Waals surface area (Å²) in [7, 11) is 1.56. The van der Waals surface area contributed by atoms with E-state index in [1.165, 1.54) is 11.2 Å². The van der Waals surface area contributed by atoms with Crippen molar-refractivity contribution in [2.45, 2.75) is 13.3 Å². The highest BCUT2D eigenvalue weighted by Crippen LogP contribution is 2.06. The van der Waals surface area contributed by atoms with Gasteiger partial charge in [0.2, 0.25) is 0 Å². The van der Waals surface area contributed by atoms with Crippen molar-refractivity contribution >= 4 is 11.9 Å². The van der Waals surface area contributed by atoms with E-state index in [1.807, 2.05) is 0 Å². The molecule has 0 bridgehead atoms. The molecule has 19 heavy (non-hydrogen) atoms. The molecule has 1 heterocycles. The van der Waals surface area contributed by atoms with E-state index in [1.54, 1.807) is 26.2 Å². The van der Waals surface area contributed by atoms with Gasteiger partial charge in [-0.15, -0.1) is 0 Å². The van der Waals surface area contributed by atoms with Crippen LogP contribution in [0.2, 0.25) is 0 Å². The lowest BCUT2D eigenvalue weighted by molar-refractivity contribution is -0.143. The fourth-order valence-electron chi connectivity index (χ4n) is 1.53. The zero-order chi connectivity index (χ0) is 14.1. The van der Waals surface area contributed by atoms with Gasteiger partial charge in [0.05, 0.1) is 25.9 Å². The normalized spacial score (nSPS) is 10.2. The van der Waals surface area contributed by atoms with E-state index in [0.717, 1.165) is 0 Å². The van der Waals surface area contributed by atoms with Crippen LogP contribution in [0.5, 0.6) is 0 Å². The molecular weight excluding hydrogens is 250 g/mol. The van der Waals surface area contributed by atoms with Gasteiger partial charge in [-0.2, -0.15) is 0 Å². The number of furan rings is 1. The van der Waals surface area contributed by atoms with Crippen LogP contribution in [0.25, 0.3) is 0 Å². The number of carbonyl (C=O) groups is 2. The first-order valence-electron chi connectivity index (χ1n) is 6.16. The smallest absolute Gasteiger partial charge is 0.307 e. The molecule has 1 rings (SSSR count). The number of hydrogen-bond acceptors (Lipinski definition) is 5. The van der Waals surface area contributed by atoms with Gasteiger partial charge in [-0.25, -0.2) is 0 Å². The minimum absolute atomic E-state index is 0.157. The Kier molecular flexibility index (Phi) is 6.67. The average Bonchev–Trinajstić information content (AvgIpc) is 2.92. The molecule has 0 fully saturated rings. The van der Waals surface area contributed by atoms with Crippen LogP contribution in [0.4, 0.5) is 0 Å². The number of amides is 1. The third kappa shape index (κ3) is 5.13. The van der Waals surface area contributed by atoms with Gasteiger partial charge < -0.3 is 18.8 Å². The molecule has 0 atom stereocenters. The lowest BCUT2D eigenvalue weighted by Gasteiger charge is -2.20. The summed E-state index contributed by atoms with van der Waals surface area (Å²) in [6, 6.07) is 3.24. The van der Waals surface area contributed by atoms with Crippen molar-refractivity contribution in [3.05, 3.63) is 24.2 Å². The lowest BCUT2D eigenvalue weighted by Crippen LogP contribution is -2.35. The number of esters is 1. The molecule has 0 aliphatic rings.